The first-order valence-electron chi connectivity index (χ1n) is 5.98. The van der Waals surface area contributed by atoms with Gasteiger partial charge in [-0.25, -0.2) is 0 Å². The molecule has 1 aliphatic rings. The van der Waals surface area contributed by atoms with Gasteiger partial charge in [0.1, 0.15) is 0 Å². The lowest BCUT2D eigenvalue weighted by Crippen LogP contribution is -2.49. The molecule has 2 atom stereocenters. The van der Waals surface area contributed by atoms with Gasteiger partial charge in [-0.1, -0.05) is 28.1 Å². The lowest BCUT2D eigenvalue weighted by atomic mass is 9.91. The molecule has 0 amide bonds. The first kappa shape index (κ1) is 13.4. The van der Waals surface area contributed by atoms with Crippen LogP contribution in [-0.4, -0.2) is 16.5 Å². The first-order valence-corrected chi connectivity index (χ1v) is 7.76. The number of hydrazine groups is 1. The van der Waals surface area contributed by atoms with Crippen LogP contribution in [0.5, 0.6) is 0 Å². The van der Waals surface area contributed by atoms with Gasteiger partial charge in [-0.2, -0.15) is 11.8 Å². The van der Waals surface area contributed by atoms with Crippen molar-refractivity contribution in [3.8, 4) is 0 Å². The molecule has 1 fully saturated rings. The standard InChI is InChI=1S/C13H19BrN2S/c1-13(6-3-7-17-13)12(16-15)9-10-4-2-5-11(14)8-10/h2,4-5,8,12,16H,3,6-7,9,15H2,1H3. The number of nitrogens with two attached hydrogens (primary N) is 1. The van der Waals surface area contributed by atoms with Crippen molar-refractivity contribution in [1.29, 1.82) is 0 Å². The monoisotopic (exact) mass is 314 g/mol. The zero-order valence-electron chi connectivity index (χ0n) is 10.1. The second-order valence-electron chi connectivity index (χ2n) is 4.82. The van der Waals surface area contributed by atoms with E-state index in [0.717, 1.165) is 10.9 Å². The molecule has 1 aromatic carbocycles. The molecule has 1 aliphatic heterocycles. The largest absolute Gasteiger partial charge is 0.271 e. The normalized spacial score (nSPS) is 26.1. The average Bonchev–Trinajstić information content (AvgIpc) is 2.74. The van der Waals surface area contributed by atoms with Gasteiger partial charge in [0.15, 0.2) is 0 Å². The number of benzene rings is 1. The molecule has 2 nitrogen and oxygen atoms in total. The molecule has 2 rings (SSSR count). The highest BCUT2D eigenvalue weighted by Gasteiger charge is 2.37. The fraction of sp³-hybridized carbons (Fsp3) is 0.538. The third-order valence-electron chi connectivity index (χ3n) is 3.52. The van der Waals surface area contributed by atoms with Gasteiger partial charge in [-0.15, -0.1) is 0 Å². The van der Waals surface area contributed by atoms with Crippen LogP contribution in [-0.2, 0) is 6.42 Å². The van der Waals surface area contributed by atoms with E-state index in [1.807, 2.05) is 11.8 Å². The minimum absolute atomic E-state index is 0.275. The van der Waals surface area contributed by atoms with E-state index < -0.39 is 0 Å². The molecule has 94 valence electrons. The van der Waals surface area contributed by atoms with Gasteiger partial charge in [0.25, 0.3) is 0 Å². The molecule has 17 heavy (non-hydrogen) atoms. The van der Waals surface area contributed by atoms with E-state index in [1.54, 1.807) is 0 Å². The highest BCUT2D eigenvalue weighted by atomic mass is 79.9. The van der Waals surface area contributed by atoms with Crippen LogP contribution in [0, 0.1) is 0 Å². The van der Waals surface area contributed by atoms with Crippen molar-refractivity contribution in [2.45, 2.75) is 37.0 Å². The van der Waals surface area contributed by atoms with Gasteiger partial charge >= 0.3 is 0 Å². The molecular weight excluding hydrogens is 296 g/mol. The quantitative estimate of drug-likeness (QED) is 0.662. The third kappa shape index (κ3) is 3.25. The van der Waals surface area contributed by atoms with Gasteiger partial charge < -0.3 is 0 Å². The number of thioether (sulfide) groups is 1. The molecule has 1 saturated heterocycles. The van der Waals surface area contributed by atoms with Crippen molar-refractivity contribution < 1.29 is 0 Å². The summed E-state index contributed by atoms with van der Waals surface area (Å²) < 4.78 is 1.41. The van der Waals surface area contributed by atoms with Crippen LogP contribution in [0.1, 0.15) is 25.3 Å². The van der Waals surface area contributed by atoms with Crippen LogP contribution in [0.4, 0.5) is 0 Å². The van der Waals surface area contributed by atoms with E-state index in [1.165, 1.54) is 24.2 Å². The summed E-state index contributed by atoms with van der Waals surface area (Å²) in [5, 5.41) is 0. The molecule has 1 aromatic rings. The zero-order valence-corrected chi connectivity index (χ0v) is 12.5. The SMILES string of the molecule is CC1(C(Cc2cccc(Br)c2)NN)CCCS1. The zero-order chi connectivity index (χ0) is 12.3. The third-order valence-corrected chi connectivity index (χ3v) is 5.65. The van der Waals surface area contributed by atoms with Gasteiger partial charge in [-0.3, -0.25) is 11.3 Å². The topological polar surface area (TPSA) is 38.0 Å². The second kappa shape index (κ2) is 5.74. The minimum Gasteiger partial charge on any atom is -0.271 e. The summed E-state index contributed by atoms with van der Waals surface area (Å²) in [5.74, 6) is 7.01. The Morgan fingerprint density at radius 2 is 2.41 bits per heavy atom. The van der Waals surface area contributed by atoms with Crippen molar-refractivity contribution in [2.75, 3.05) is 5.75 Å². The maximum atomic E-state index is 5.75. The molecular formula is C13H19BrN2S. The van der Waals surface area contributed by atoms with Crippen LogP contribution in [0.2, 0.25) is 0 Å². The van der Waals surface area contributed by atoms with E-state index in [2.05, 4.69) is 52.5 Å². The lowest BCUT2D eigenvalue weighted by Gasteiger charge is -2.33. The molecule has 0 spiro atoms. The Bertz CT molecular complexity index is 377. The maximum Gasteiger partial charge on any atom is 0.0395 e. The van der Waals surface area contributed by atoms with E-state index in [0.29, 0.717) is 6.04 Å². The fourth-order valence-electron chi connectivity index (χ4n) is 2.43. The van der Waals surface area contributed by atoms with E-state index >= 15 is 0 Å². The summed E-state index contributed by atoms with van der Waals surface area (Å²) in [6.07, 6.45) is 3.54. The Morgan fingerprint density at radius 3 is 3.00 bits per heavy atom. The van der Waals surface area contributed by atoms with Crippen LogP contribution in [0.25, 0.3) is 0 Å². The summed E-state index contributed by atoms with van der Waals surface area (Å²) >= 11 is 5.56. The summed E-state index contributed by atoms with van der Waals surface area (Å²) in [6, 6.07) is 8.81. The summed E-state index contributed by atoms with van der Waals surface area (Å²) in [7, 11) is 0. The predicted octanol–water partition coefficient (Wildman–Crippen LogP) is 3.11. The van der Waals surface area contributed by atoms with Crippen molar-refractivity contribution in [1.82, 2.24) is 5.43 Å². The van der Waals surface area contributed by atoms with E-state index in [9.17, 15) is 0 Å². The van der Waals surface area contributed by atoms with Gasteiger partial charge in [0, 0.05) is 15.3 Å². The van der Waals surface area contributed by atoms with Crippen LogP contribution < -0.4 is 11.3 Å². The van der Waals surface area contributed by atoms with E-state index in [-0.39, 0.29) is 4.75 Å². The summed E-state index contributed by atoms with van der Waals surface area (Å²) in [4.78, 5) is 0. The van der Waals surface area contributed by atoms with Crippen molar-refractivity contribution in [2.24, 2.45) is 5.84 Å². The molecule has 0 aliphatic carbocycles. The number of rotatable bonds is 4. The van der Waals surface area contributed by atoms with Crippen LogP contribution in [0.15, 0.2) is 28.7 Å². The van der Waals surface area contributed by atoms with Gasteiger partial charge in [0.05, 0.1) is 0 Å². The molecule has 3 N–H and O–H groups in total. The Kier molecular flexibility index (Phi) is 4.53. The van der Waals surface area contributed by atoms with Crippen molar-refractivity contribution in [3.63, 3.8) is 0 Å². The highest BCUT2D eigenvalue weighted by molar-refractivity contribution is 9.10. The average molecular weight is 315 g/mol. The minimum atomic E-state index is 0.275. The predicted molar refractivity (Wildman–Crippen MR) is 79.1 cm³/mol. The summed E-state index contributed by atoms with van der Waals surface area (Å²) in [5.41, 5.74) is 4.35. The Hall–Kier alpha value is -0.0300. The molecule has 0 radical (unpaired) electrons. The number of hydrogen-bond donors (Lipinski definition) is 2. The molecule has 0 saturated carbocycles. The van der Waals surface area contributed by atoms with Gasteiger partial charge in [-0.05, 0) is 49.6 Å². The van der Waals surface area contributed by atoms with Crippen molar-refractivity contribution in [3.05, 3.63) is 34.3 Å². The second-order valence-corrected chi connectivity index (χ2v) is 7.36. The molecule has 0 bridgehead atoms. The van der Waals surface area contributed by atoms with Gasteiger partial charge in [0.2, 0.25) is 0 Å². The van der Waals surface area contributed by atoms with Crippen LogP contribution >= 0.6 is 27.7 Å². The number of hydrogen-bond acceptors (Lipinski definition) is 3. The Labute approximate surface area is 116 Å². The van der Waals surface area contributed by atoms with Crippen molar-refractivity contribution >= 4 is 27.7 Å². The Balaban J connectivity index is 2.09. The first-order chi connectivity index (χ1) is 8.14. The van der Waals surface area contributed by atoms with E-state index in [4.69, 9.17) is 5.84 Å². The fourth-order valence-corrected chi connectivity index (χ4v) is 4.27. The molecule has 1 heterocycles. The lowest BCUT2D eigenvalue weighted by molar-refractivity contribution is 0.405. The molecule has 2 unspecified atom stereocenters. The highest BCUT2D eigenvalue weighted by Crippen LogP contribution is 2.41. The number of halogens is 1. The molecule has 0 aromatic heterocycles. The molecule has 4 heteroatoms. The number of nitrogens with one attached hydrogen (secondary N) is 1. The smallest absolute Gasteiger partial charge is 0.0395 e. The summed E-state index contributed by atoms with van der Waals surface area (Å²) in [6.45, 7) is 2.33. The van der Waals surface area contributed by atoms with Crippen LogP contribution in [0.3, 0.4) is 0 Å². The maximum absolute atomic E-state index is 5.75. The Morgan fingerprint density at radius 1 is 1.59 bits per heavy atom.